The Hall–Kier alpha value is -5.20. The number of ether oxygens (including phenoxy) is 9. The number of unbranched alkanes of at least 4 members (excludes halogenated alkanes) is 12. The van der Waals surface area contributed by atoms with E-state index in [1.165, 1.54) is 6.82 Å². The first-order chi connectivity index (χ1) is 37.1. The maximum atomic E-state index is 12.5. The molecule has 5 rings (SSSR count). The molecule has 4 aromatic rings. The number of hydrogen-bond acceptors (Lipinski definition) is 15. The maximum Gasteiger partial charge on any atom is 0.343 e. The van der Waals surface area contributed by atoms with Gasteiger partial charge in [0.15, 0.2) is 0 Å². The van der Waals surface area contributed by atoms with E-state index in [1.807, 2.05) is 0 Å². The van der Waals surface area contributed by atoms with Crippen LogP contribution in [0.3, 0.4) is 0 Å². The van der Waals surface area contributed by atoms with Crippen LogP contribution in [0.2, 0.25) is 6.82 Å². The SMILES string of the molecule is CC(O)COCCCCCCOc1ccc(OC(=O)c2ccc(OCCCCCCOCC(C)O)cc2)cc1.CC1CO1.O=C(Oc1ccc(OCCCCCCO)cc1)c1ccc(OCCCCCCO)cc1.[B]C. The van der Waals surface area contributed by atoms with Gasteiger partial charge in [0.05, 0.1) is 83.5 Å². The summed E-state index contributed by atoms with van der Waals surface area (Å²) in [5.41, 5.74) is 0.912. The average Bonchev–Trinajstić information content (AvgIpc) is 4.23. The largest absolute Gasteiger partial charge is 0.494 e. The lowest BCUT2D eigenvalue weighted by molar-refractivity contribution is 0.0444. The Bertz CT molecular complexity index is 1980. The molecule has 1 saturated heterocycles. The standard InChI is InChI=1S/C31H46O8.C25H34O6.C3H6O.CH3B/c1-25(32)23-35-19-7-3-5-9-21-37-28-13-11-27(12-14-28)31(34)39-30-17-15-29(16-18-30)38-22-10-6-4-8-20-36-24-26(2)33;26-17-5-1-3-7-19-29-22-11-9-21(10-12-22)25(28)31-24-15-13-23(14-16-24)30-20-8-4-2-6-18-27;1-3-2-4-3;1-2/h11-18,25-26,32-33H,3-10,19-24H2,1-2H3;9-16,26-27H,1-8,17-20H2;3H,2H2,1H3;1H3. The number of benzene rings is 4. The van der Waals surface area contributed by atoms with E-state index in [9.17, 15) is 9.59 Å². The molecular formula is C60H89BO15. The predicted octanol–water partition coefficient (Wildman–Crippen LogP) is 11.0. The highest BCUT2D eigenvalue weighted by molar-refractivity contribution is 6.05. The van der Waals surface area contributed by atoms with Crippen molar-refractivity contribution < 1.29 is 72.6 Å². The smallest absolute Gasteiger partial charge is 0.343 e. The number of aliphatic hydroxyl groups is 4. The van der Waals surface area contributed by atoms with Crippen molar-refractivity contribution in [1.29, 1.82) is 0 Å². The quantitative estimate of drug-likeness (QED) is 0.0108. The van der Waals surface area contributed by atoms with Crippen LogP contribution in [0.15, 0.2) is 97.1 Å². The highest BCUT2D eigenvalue weighted by atomic mass is 16.6. The van der Waals surface area contributed by atoms with E-state index < -0.39 is 24.1 Å². The molecule has 16 heteroatoms. The minimum Gasteiger partial charge on any atom is -0.494 e. The Kier molecular flexibility index (Phi) is 39.5. The predicted molar refractivity (Wildman–Crippen MR) is 298 cm³/mol. The molecule has 0 aromatic heterocycles. The van der Waals surface area contributed by atoms with Crippen molar-refractivity contribution in [3.8, 4) is 34.5 Å². The lowest BCUT2D eigenvalue weighted by Crippen LogP contribution is -2.10. The molecular weight excluding hydrogens is 971 g/mol. The molecule has 1 aliphatic rings. The first kappa shape index (κ1) is 66.9. The van der Waals surface area contributed by atoms with E-state index in [1.54, 1.807) is 111 Å². The Labute approximate surface area is 454 Å². The van der Waals surface area contributed by atoms with E-state index in [2.05, 4.69) is 14.8 Å². The summed E-state index contributed by atoms with van der Waals surface area (Å²) < 4.78 is 49.2. The van der Waals surface area contributed by atoms with Crippen molar-refractivity contribution in [3.63, 3.8) is 0 Å². The van der Waals surface area contributed by atoms with Crippen molar-refractivity contribution in [3.05, 3.63) is 108 Å². The average molecular weight is 1060 g/mol. The minimum atomic E-state index is -0.426. The zero-order chi connectivity index (χ0) is 55.3. The van der Waals surface area contributed by atoms with Gasteiger partial charge in [0, 0.05) is 26.4 Å². The summed E-state index contributed by atoms with van der Waals surface area (Å²) in [4.78, 5) is 24.8. The van der Waals surface area contributed by atoms with Crippen molar-refractivity contribution in [2.24, 2.45) is 0 Å². The van der Waals surface area contributed by atoms with Gasteiger partial charge in [0.2, 0.25) is 0 Å². The van der Waals surface area contributed by atoms with E-state index in [4.69, 9.17) is 63.1 Å². The molecule has 1 heterocycles. The van der Waals surface area contributed by atoms with Gasteiger partial charge in [-0.15, -0.1) is 0 Å². The lowest BCUT2D eigenvalue weighted by atomic mass is 10.2. The van der Waals surface area contributed by atoms with Crippen molar-refractivity contribution in [2.75, 3.05) is 72.7 Å². The molecule has 0 spiro atoms. The minimum absolute atomic E-state index is 0.239. The summed E-state index contributed by atoms with van der Waals surface area (Å²) >= 11 is 0. The topological polar surface area (TPSA) is 201 Å². The summed E-state index contributed by atoms with van der Waals surface area (Å²) in [5, 5.41) is 35.8. The number of carbonyl (C=O) groups is 2. The van der Waals surface area contributed by atoms with Crippen molar-refractivity contribution >= 4 is 19.8 Å². The van der Waals surface area contributed by atoms with Crippen molar-refractivity contribution in [2.45, 2.75) is 149 Å². The number of aliphatic hydroxyl groups excluding tert-OH is 4. The summed E-state index contributed by atoms with van der Waals surface area (Å²) in [6.45, 7) is 13.1. The molecule has 0 amide bonds. The second kappa shape index (κ2) is 44.9. The Balaban J connectivity index is 0.000000478. The normalized spacial score (nSPS) is 13.0. The molecule has 4 aromatic carbocycles. The first-order valence-electron chi connectivity index (χ1n) is 27.3. The Morgan fingerprint density at radius 3 is 0.934 bits per heavy atom. The second-order valence-electron chi connectivity index (χ2n) is 18.3. The molecule has 3 unspecified atom stereocenters. The van der Waals surface area contributed by atoms with Crippen LogP contribution in [0.4, 0.5) is 0 Å². The summed E-state index contributed by atoms with van der Waals surface area (Å²) in [5.74, 6) is 2.99. The van der Waals surface area contributed by atoms with Gasteiger partial charge in [-0.05, 0) is 195 Å². The highest BCUT2D eigenvalue weighted by Crippen LogP contribution is 2.22. The molecule has 0 bridgehead atoms. The first-order valence-corrected chi connectivity index (χ1v) is 27.3. The second-order valence-corrected chi connectivity index (χ2v) is 18.3. The fourth-order valence-electron chi connectivity index (χ4n) is 6.73. The van der Waals surface area contributed by atoms with Crippen LogP contribution in [0, 0.1) is 0 Å². The zero-order valence-electron chi connectivity index (χ0n) is 45.9. The number of rotatable bonds is 38. The molecule has 4 N–H and O–H groups in total. The maximum absolute atomic E-state index is 12.5. The summed E-state index contributed by atoms with van der Waals surface area (Å²) in [6, 6.07) is 27.9. The van der Waals surface area contributed by atoms with Gasteiger partial charge < -0.3 is 63.1 Å². The Morgan fingerprint density at radius 1 is 0.447 bits per heavy atom. The molecule has 3 atom stereocenters. The van der Waals surface area contributed by atoms with Crippen LogP contribution in [-0.2, 0) is 14.2 Å². The third-order valence-corrected chi connectivity index (χ3v) is 11.0. The molecule has 15 nitrogen and oxygen atoms in total. The van der Waals surface area contributed by atoms with E-state index in [-0.39, 0.29) is 13.2 Å². The van der Waals surface area contributed by atoms with Crippen molar-refractivity contribution in [1.82, 2.24) is 0 Å². The fraction of sp³-hybridized carbons (Fsp3) is 0.567. The Morgan fingerprint density at radius 2 is 0.684 bits per heavy atom. The molecule has 0 saturated carbocycles. The third-order valence-electron chi connectivity index (χ3n) is 11.0. The van der Waals surface area contributed by atoms with Crippen LogP contribution >= 0.6 is 0 Å². The van der Waals surface area contributed by atoms with Crippen LogP contribution in [0.1, 0.15) is 144 Å². The van der Waals surface area contributed by atoms with Gasteiger partial charge in [0.1, 0.15) is 34.5 Å². The van der Waals surface area contributed by atoms with Gasteiger partial charge in [-0.3, -0.25) is 0 Å². The lowest BCUT2D eigenvalue weighted by Gasteiger charge is -2.09. The zero-order valence-corrected chi connectivity index (χ0v) is 45.9. The summed E-state index contributed by atoms with van der Waals surface area (Å²) in [7, 11) is 4.50. The number of carbonyl (C=O) groups excluding carboxylic acids is 2. The number of epoxide rings is 1. The van der Waals surface area contributed by atoms with Gasteiger partial charge in [-0.25, -0.2) is 9.59 Å². The molecule has 76 heavy (non-hydrogen) atoms. The summed E-state index contributed by atoms with van der Waals surface area (Å²) in [6.07, 6.45) is 15.5. The van der Waals surface area contributed by atoms with Gasteiger partial charge in [-0.2, -0.15) is 0 Å². The molecule has 2 radical (unpaired) electrons. The van der Waals surface area contributed by atoms with Gasteiger partial charge in [0.25, 0.3) is 0 Å². The molecule has 0 aliphatic carbocycles. The molecule has 1 fully saturated rings. The fourth-order valence-corrected chi connectivity index (χ4v) is 6.73. The highest BCUT2D eigenvalue weighted by Gasteiger charge is 2.13. The number of hydrogen-bond donors (Lipinski definition) is 4. The van der Waals surface area contributed by atoms with Crippen LogP contribution < -0.4 is 28.4 Å². The third kappa shape index (κ3) is 35.9. The van der Waals surface area contributed by atoms with Crippen LogP contribution in [0.5, 0.6) is 34.5 Å². The van der Waals surface area contributed by atoms with E-state index >= 15 is 0 Å². The molecule has 422 valence electrons. The van der Waals surface area contributed by atoms with E-state index in [0.29, 0.717) is 81.6 Å². The van der Waals surface area contributed by atoms with Crippen LogP contribution in [0.25, 0.3) is 0 Å². The monoisotopic (exact) mass is 1060 g/mol. The molecule has 1 aliphatic heterocycles. The van der Waals surface area contributed by atoms with Gasteiger partial charge >= 0.3 is 11.9 Å². The number of esters is 2. The van der Waals surface area contributed by atoms with Crippen LogP contribution in [-0.4, -0.2) is 131 Å². The van der Waals surface area contributed by atoms with E-state index in [0.717, 1.165) is 132 Å². The van der Waals surface area contributed by atoms with Gasteiger partial charge in [-0.1, -0.05) is 32.5 Å².